The van der Waals surface area contributed by atoms with E-state index >= 15 is 0 Å². The largest absolute Gasteiger partial charge is 0.308 e. The van der Waals surface area contributed by atoms with Crippen molar-refractivity contribution in [2.45, 2.75) is 34.5 Å². The quantitative estimate of drug-likeness (QED) is 0.173. The lowest BCUT2D eigenvalue weighted by Gasteiger charge is -2.43. The Labute approximate surface area is 582 Å². The van der Waals surface area contributed by atoms with Gasteiger partial charge in [0.1, 0.15) is 0 Å². The first-order chi connectivity index (χ1) is 50.1. The summed E-state index contributed by atoms with van der Waals surface area (Å²) in [6.45, 7) is 0. The molecule has 0 saturated carbocycles. The van der Waals surface area contributed by atoms with Gasteiger partial charge in [-0.05, 0) is 196 Å². The van der Waals surface area contributed by atoms with E-state index < -0.39 is 10.8 Å². The number of hydrogen-bond acceptors (Lipinski definition) is 2. The Morgan fingerprint density at radius 1 is 0.238 bits per heavy atom. The first kappa shape index (κ1) is 53.2. The molecular weight excluding hydrogens is 1220 g/mol. The molecule has 10 aliphatic rings. The van der Waals surface area contributed by atoms with Crippen LogP contribution in [0.1, 0.15) is 146 Å². The van der Waals surface area contributed by atoms with Crippen molar-refractivity contribution in [1.82, 2.24) is 4.40 Å². The Bertz CT molecular complexity index is 6320. The number of benzene rings is 15. The molecule has 3 heteroatoms. The summed E-state index contributed by atoms with van der Waals surface area (Å²) in [5, 5.41) is 29.0. The predicted molar refractivity (Wildman–Crippen MR) is 404 cm³/mol. The van der Waals surface area contributed by atoms with Crippen LogP contribution in [-0.2, 0) is 10.8 Å². The molecule has 0 atom stereocenters. The lowest BCUT2D eigenvalue weighted by molar-refractivity contribution is 0.758. The maximum Gasteiger partial charge on any atom is 0.0995 e. The summed E-state index contributed by atoms with van der Waals surface area (Å²) in [4.78, 5) is 0. The van der Waals surface area contributed by atoms with Crippen LogP contribution in [-0.4, -0.2) is 4.40 Å². The van der Waals surface area contributed by atoms with Crippen LogP contribution in [0.15, 0.2) is 297 Å². The highest BCUT2D eigenvalue weighted by Gasteiger charge is 2.55. The molecule has 0 fully saturated rings. The highest BCUT2D eigenvalue weighted by molar-refractivity contribution is 6.33. The van der Waals surface area contributed by atoms with Gasteiger partial charge in [-0.1, -0.05) is 279 Å². The first-order valence-corrected chi connectivity index (χ1v) is 35.6. The van der Waals surface area contributed by atoms with Crippen molar-refractivity contribution in [1.29, 1.82) is 10.5 Å². The molecule has 0 unspecified atom stereocenters. The summed E-state index contributed by atoms with van der Waals surface area (Å²) < 4.78 is 2.58. The molecule has 4 bridgehead atoms. The van der Waals surface area contributed by atoms with Gasteiger partial charge in [-0.2, -0.15) is 10.5 Å². The van der Waals surface area contributed by atoms with Crippen molar-refractivity contribution in [3.05, 3.63) is 420 Å². The predicted octanol–water partition coefficient (Wildman–Crippen LogP) is 22.6. The lowest BCUT2D eigenvalue weighted by atomic mass is 9.59. The molecular formula is C98H53N3. The van der Waals surface area contributed by atoms with Crippen molar-refractivity contribution >= 4 is 38.1 Å². The van der Waals surface area contributed by atoms with E-state index in [0.717, 1.165) is 38.8 Å². The van der Waals surface area contributed by atoms with Gasteiger partial charge in [0.25, 0.3) is 0 Å². The van der Waals surface area contributed by atoms with Gasteiger partial charge in [0.2, 0.25) is 0 Å². The summed E-state index contributed by atoms with van der Waals surface area (Å²) in [5.41, 5.74) is 43.2. The fraction of sp³-hybridized carbons (Fsp3) is 0.0612. The number of nitrogens with zero attached hydrogens (tertiary/aromatic N) is 3. The Morgan fingerprint density at radius 2 is 0.495 bits per heavy atom. The van der Waals surface area contributed by atoms with E-state index in [2.05, 4.69) is 314 Å². The minimum Gasteiger partial charge on any atom is -0.308 e. The molecule has 0 N–H and O–H groups in total. The maximum absolute atomic E-state index is 12.2. The monoisotopic (exact) mass is 1270 g/mol. The molecule has 0 aliphatic heterocycles. The second kappa shape index (κ2) is 18.2. The minimum atomic E-state index is -0.604. The van der Waals surface area contributed by atoms with Crippen molar-refractivity contribution in [2.75, 3.05) is 0 Å². The number of fused-ring (bicyclic) bond motifs is 26. The topological polar surface area (TPSA) is 52.0 Å². The second-order valence-corrected chi connectivity index (χ2v) is 29.4. The van der Waals surface area contributed by atoms with Crippen LogP contribution in [0.3, 0.4) is 0 Å². The molecule has 2 spiro atoms. The van der Waals surface area contributed by atoms with E-state index in [1.165, 1.54) is 177 Å². The van der Waals surface area contributed by atoms with E-state index in [4.69, 9.17) is 0 Å². The summed E-state index contributed by atoms with van der Waals surface area (Å²) in [6, 6.07) is 119. The number of nitriles is 2. The molecule has 3 nitrogen and oxygen atoms in total. The maximum atomic E-state index is 12.2. The molecule has 0 amide bonds. The molecule has 0 saturated heterocycles. The van der Waals surface area contributed by atoms with Crippen molar-refractivity contribution in [2.24, 2.45) is 0 Å². The van der Waals surface area contributed by atoms with Gasteiger partial charge in [-0.15, -0.1) is 0 Å². The smallest absolute Gasteiger partial charge is 0.0995 e. The average Bonchev–Trinajstić information content (AvgIpc) is 1.57. The van der Waals surface area contributed by atoms with Gasteiger partial charge in [0.05, 0.1) is 50.6 Å². The Morgan fingerprint density at radius 3 is 0.812 bits per heavy atom. The summed E-state index contributed by atoms with van der Waals surface area (Å²) in [6.07, 6.45) is 0. The van der Waals surface area contributed by atoms with Crippen molar-refractivity contribution < 1.29 is 0 Å². The minimum absolute atomic E-state index is 0.162. The highest BCUT2D eigenvalue weighted by atomic mass is 14.9. The third-order valence-corrected chi connectivity index (χ3v) is 25.8. The molecule has 10 aliphatic carbocycles. The summed E-state index contributed by atoms with van der Waals surface area (Å²) in [7, 11) is 0. The Hall–Kier alpha value is -12.9. The van der Waals surface area contributed by atoms with Crippen LogP contribution in [0.5, 0.6) is 0 Å². The lowest BCUT2D eigenvalue weighted by Crippen LogP contribution is -2.28. The van der Waals surface area contributed by atoms with Crippen LogP contribution in [0.2, 0.25) is 0 Å². The Balaban J connectivity index is 0.921. The first-order valence-electron chi connectivity index (χ1n) is 35.6. The zero-order valence-corrected chi connectivity index (χ0v) is 54.4. The van der Waals surface area contributed by atoms with E-state index in [1.54, 1.807) is 0 Å². The van der Waals surface area contributed by atoms with E-state index in [9.17, 15) is 10.5 Å². The van der Waals surface area contributed by atoms with Gasteiger partial charge in [0.15, 0.2) is 0 Å². The zero-order valence-electron chi connectivity index (χ0n) is 54.4. The third kappa shape index (κ3) is 5.82. The Kier molecular flexibility index (Phi) is 9.60. The molecule has 101 heavy (non-hydrogen) atoms. The van der Waals surface area contributed by atoms with Gasteiger partial charge < -0.3 is 4.40 Å². The fourth-order valence-corrected chi connectivity index (χ4v) is 22.7. The van der Waals surface area contributed by atoms with Crippen molar-refractivity contribution in [3.8, 4) is 78.9 Å². The molecule has 460 valence electrons. The van der Waals surface area contributed by atoms with E-state index in [0.29, 0.717) is 11.1 Å². The third-order valence-electron chi connectivity index (χ3n) is 25.8. The van der Waals surface area contributed by atoms with Crippen LogP contribution < -0.4 is 0 Å². The molecule has 15 aromatic carbocycles. The average molecular weight is 1270 g/mol. The molecule has 2 heterocycles. The summed E-state index contributed by atoms with van der Waals surface area (Å²) in [5.74, 6) is -0.669. The van der Waals surface area contributed by atoms with Gasteiger partial charge in [-0.25, -0.2) is 0 Å². The van der Waals surface area contributed by atoms with Gasteiger partial charge in [-0.3, -0.25) is 0 Å². The zero-order chi connectivity index (χ0) is 65.6. The second-order valence-electron chi connectivity index (χ2n) is 29.4. The SMILES string of the molecule is N#Cc1cc2c(c3c1C1c4ccccc4C3c3ccccc31)c1c(-c3cccc4c3-c3ccccc3C43c4ccccc4-c4ccccc43)cc(-c3cccc4c3-c3ccccc3C43c4ccccc4-c4ccccc43)c3c4c5c(c(C#N)cc4n2c13)C1c2ccccc2C5c2ccccc21. The fourth-order valence-electron chi connectivity index (χ4n) is 22.7. The van der Waals surface area contributed by atoms with E-state index in [1.807, 2.05) is 0 Å². The van der Waals surface area contributed by atoms with Crippen LogP contribution in [0, 0.1) is 22.7 Å². The standard InChI is InChI=1S/C98H53N3/c99-50-52-47-80-92(94-82(52)86-58-27-1-5-31-62(58)88(94)63-32-6-2-28-59(63)86)90-70(66-37-21-45-78-84(66)68-35-13-19-43-76(68)97(78)72-39-15-9-23-54(72)55-24-10-16-40-73(55)97)49-71(67-38-22-46-79-85(67)69-36-14-20-44-77(69)98(79)74-41-17-11-25-56(74)57-26-12-18-42-75(57)98)91-93-81(101(80)96(90)91)48-53(51-100)83-87-60-29-3-7-33-64(60)89(95(83)93)65-34-8-4-30-61(65)87/h1-49,86-89H. The number of hydrogen-bond donors (Lipinski definition) is 0. The molecule has 2 aromatic heterocycles. The number of rotatable bonds is 2. The van der Waals surface area contributed by atoms with Crippen LogP contribution >= 0.6 is 0 Å². The summed E-state index contributed by atoms with van der Waals surface area (Å²) >= 11 is 0. The van der Waals surface area contributed by atoms with Crippen LogP contribution in [0.4, 0.5) is 0 Å². The van der Waals surface area contributed by atoms with Crippen molar-refractivity contribution in [3.63, 3.8) is 0 Å². The normalized spacial score (nSPS) is 17.6. The number of aromatic nitrogens is 1. The molecule has 0 radical (unpaired) electrons. The van der Waals surface area contributed by atoms with Gasteiger partial charge in [0, 0.05) is 45.2 Å². The highest BCUT2D eigenvalue weighted by Crippen LogP contribution is 2.70. The molecule has 27 rings (SSSR count). The van der Waals surface area contributed by atoms with Crippen LogP contribution in [0.25, 0.3) is 105 Å². The van der Waals surface area contributed by atoms with E-state index in [-0.39, 0.29) is 23.7 Å². The molecule has 17 aromatic rings. The van der Waals surface area contributed by atoms with Gasteiger partial charge >= 0.3 is 0 Å².